The summed E-state index contributed by atoms with van der Waals surface area (Å²) < 4.78 is 11.2. The fourth-order valence-corrected chi connectivity index (χ4v) is 2.86. The fourth-order valence-electron chi connectivity index (χ4n) is 2.86. The third kappa shape index (κ3) is 2.37. The highest BCUT2D eigenvalue weighted by Crippen LogP contribution is 2.38. The predicted molar refractivity (Wildman–Crippen MR) is 74.1 cm³/mol. The second-order valence-corrected chi connectivity index (χ2v) is 5.94. The van der Waals surface area contributed by atoms with Crippen LogP contribution >= 0.6 is 0 Å². The lowest BCUT2D eigenvalue weighted by atomic mass is 9.88. The number of anilines is 1. The average Bonchev–Trinajstić information content (AvgIpc) is 2.41. The SMILES string of the molecule is CC1(C)CCC(O)CN1c1ccc2c(c1)OCCO2. The summed E-state index contributed by atoms with van der Waals surface area (Å²) in [6, 6.07) is 6.03. The molecule has 4 nitrogen and oxygen atoms in total. The Balaban J connectivity index is 1.92. The zero-order chi connectivity index (χ0) is 13.5. The minimum Gasteiger partial charge on any atom is -0.486 e. The fraction of sp³-hybridized carbons (Fsp3) is 0.600. The normalized spacial score (nSPS) is 25.2. The molecule has 0 amide bonds. The lowest BCUT2D eigenvalue weighted by molar-refractivity contribution is 0.125. The van der Waals surface area contributed by atoms with Gasteiger partial charge in [0.25, 0.3) is 0 Å². The van der Waals surface area contributed by atoms with Gasteiger partial charge in [-0.1, -0.05) is 0 Å². The van der Waals surface area contributed by atoms with Gasteiger partial charge in [0.15, 0.2) is 11.5 Å². The molecule has 0 spiro atoms. The predicted octanol–water partition coefficient (Wildman–Crippen LogP) is 2.20. The van der Waals surface area contributed by atoms with Crippen LogP contribution in [-0.4, -0.2) is 36.5 Å². The Morgan fingerprint density at radius 1 is 1.21 bits per heavy atom. The van der Waals surface area contributed by atoms with Gasteiger partial charge < -0.3 is 19.5 Å². The van der Waals surface area contributed by atoms with Gasteiger partial charge in [0.1, 0.15) is 13.2 Å². The van der Waals surface area contributed by atoms with Crippen molar-refractivity contribution >= 4 is 5.69 Å². The molecule has 0 bridgehead atoms. The molecule has 1 N–H and O–H groups in total. The lowest BCUT2D eigenvalue weighted by Crippen LogP contribution is -2.52. The van der Waals surface area contributed by atoms with E-state index in [0.29, 0.717) is 19.8 Å². The second kappa shape index (κ2) is 4.60. The second-order valence-electron chi connectivity index (χ2n) is 5.94. The molecule has 1 atom stereocenters. The van der Waals surface area contributed by atoms with Crippen LogP contribution in [0.1, 0.15) is 26.7 Å². The van der Waals surface area contributed by atoms with Crippen LogP contribution < -0.4 is 14.4 Å². The molecule has 0 aliphatic carbocycles. The standard InChI is InChI=1S/C15H21NO3/c1-15(2)6-5-12(17)10-16(15)11-3-4-13-14(9-11)19-8-7-18-13/h3-4,9,12,17H,5-8,10H2,1-2H3. The molecule has 1 saturated heterocycles. The van der Waals surface area contributed by atoms with Crippen molar-refractivity contribution in [3.63, 3.8) is 0 Å². The first-order valence-corrected chi connectivity index (χ1v) is 6.92. The number of piperidine rings is 1. The maximum absolute atomic E-state index is 9.91. The first kappa shape index (κ1) is 12.6. The number of ether oxygens (including phenoxy) is 2. The average molecular weight is 263 g/mol. The van der Waals surface area contributed by atoms with Gasteiger partial charge in [0, 0.05) is 23.8 Å². The Hall–Kier alpha value is -1.42. The first-order valence-electron chi connectivity index (χ1n) is 6.92. The summed E-state index contributed by atoms with van der Waals surface area (Å²) in [5, 5.41) is 9.91. The number of aliphatic hydroxyl groups is 1. The van der Waals surface area contributed by atoms with Crippen LogP contribution in [0.2, 0.25) is 0 Å². The third-order valence-corrected chi connectivity index (χ3v) is 4.05. The van der Waals surface area contributed by atoms with Gasteiger partial charge in [-0.3, -0.25) is 0 Å². The zero-order valence-electron chi connectivity index (χ0n) is 11.6. The van der Waals surface area contributed by atoms with E-state index in [9.17, 15) is 5.11 Å². The van der Waals surface area contributed by atoms with Crippen LogP contribution in [0.3, 0.4) is 0 Å². The number of benzene rings is 1. The van der Waals surface area contributed by atoms with Crippen LogP contribution in [0.4, 0.5) is 5.69 Å². The number of hydrogen-bond donors (Lipinski definition) is 1. The van der Waals surface area contributed by atoms with Crippen LogP contribution in [-0.2, 0) is 0 Å². The molecule has 19 heavy (non-hydrogen) atoms. The Morgan fingerprint density at radius 3 is 2.74 bits per heavy atom. The van der Waals surface area contributed by atoms with E-state index >= 15 is 0 Å². The maximum Gasteiger partial charge on any atom is 0.163 e. The van der Waals surface area contributed by atoms with Gasteiger partial charge in [-0.25, -0.2) is 0 Å². The molecular formula is C15H21NO3. The van der Waals surface area contributed by atoms with Crippen LogP contribution in [0.5, 0.6) is 11.5 Å². The van der Waals surface area contributed by atoms with Gasteiger partial charge in [-0.15, -0.1) is 0 Å². The molecule has 2 aliphatic rings. The summed E-state index contributed by atoms with van der Waals surface area (Å²) in [6.45, 7) is 6.32. The van der Waals surface area contributed by atoms with Crippen LogP contribution in [0, 0.1) is 0 Å². The number of fused-ring (bicyclic) bond motifs is 1. The number of aliphatic hydroxyl groups excluding tert-OH is 1. The molecule has 4 heteroatoms. The van der Waals surface area contributed by atoms with Gasteiger partial charge in [0.2, 0.25) is 0 Å². The summed E-state index contributed by atoms with van der Waals surface area (Å²) in [5.41, 5.74) is 1.15. The molecule has 0 saturated carbocycles. The number of hydrogen-bond acceptors (Lipinski definition) is 4. The van der Waals surface area contributed by atoms with Gasteiger partial charge in [-0.2, -0.15) is 0 Å². The van der Waals surface area contributed by atoms with Crippen molar-refractivity contribution < 1.29 is 14.6 Å². The van der Waals surface area contributed by atoms with Crippen LogP contribution in [0.15, 0.2) is 18.2 Å². The largest absolute Gasteiger partial charge is 0.486 e. The highest BCUT2D eigenvalue weighted by Gasteiger charge is 2.34. The summed E-state index contributed by atoms with van der Waals surface area (Å²) in [5.74, 6) is 1.62. The van der Waals surface area contributed by atoms with E-state index in [1.165, 1.54) is 0 Å². The molecule has 104 valence electrons. The van der Waals surface area contributed by atoms with Gasteiger partial charge in [-0.05, 0) is 38.8 Å². The lowest BCUT2D eigenvalue weighted by Gasteiger charge is -2.46. The summed E-state index contributed by atoms with van der Waals surface area (Å²) in [7, 11) is 0. The monoisotopic (exact) mass is 263 g/mol. The van der Waals surface area contributed by atoms with Crippen molar-refractivity contribution in [1.82, 2.24) is 0 Å². The quantitative estimate of drug-likeness (QED) is 0.843. The molecule has 2 heterocycles. The molecule has 1 unspecified atom stereocenters. The topological polar surface area (TPSA) is 41.9 Å². The van der Waals surface area contributed by atoms with E-state index in [2.05, 4.69) is 18.7 Å². The van der Waals surface area contributed by atoms with Crippen molar-refractivity contribution in [3.8, 4) is 11.5 Å². The van der Waals surface area contributed by atoms with E-state index in [4.69, 9.17) is 9.47 Å². The maximum atomic E-state index is 9.91. The van der Waals surface area contributed by atoms with E-state index in [1.54, 1.807) is 0 Å². The van der Waals surface area contributed by atoms with E-state index < -0.39 is 0 Å². The molecule has 1 aromatic carbocycles. The van der Waals surface area contributed by atoms with Crippen molar-refractivity contribution in [2.75, 3.05) is 24.7 Å². The Labute approximate surface area is 113 Å². The molecule has 1 fully saturated rings. The molecule has 2 aliphatic heterocycles. The summed E-state index contributed by atoms with van der Waals surface area (Å²) in [6.07, 6.45) is 1.61. The van der Waals surface area contributed by atoms with Crippen molar-refractivity contribution in [1.29, 1.82) is 0 Å². The smallest absolute Gasteiger partial charge is 0.163 e. The van der Waals surface area contributed by atoms with E-state index in [1.807, 2.05) is 18.2 Å². The van der Waals surface area contributed by atoms with Gasteiger partial charge in [0.05, 0.1) is 6.10 Å². The number of rotatable bonds is 1. The highest BCUT2D eigenvalue weighted by molar-refractivity contribution is 5.58. The van der Waals surface area contributed by atoms with E-state index in [-0.39, 0.29) is 11.6 Å². The Morgan fingerprint density at radius 2 is 1.95 bits per heavy atom. The summed E-state index contributed by atoms with van der Waals surface area (Å²) in [4.78, 5) is 2.26. The number of nitrogens with zero attached hydrogens (tertiary/aromatic N) is 1. The Bertz CT molecular complexity index is 472. The molecule has 0 radical (unpaired) electrons. The molecule has 0 aromatic heterocycles. The molecular weight excluding hydrogens is 242 g/mol. The molecule has 3 rings (SSSR count). The number of β-amino-alcohol motifs (C(OH)–C–C–N with tert-alkyl or cyclic N) is 1. The van der Waals surface area contributed by atoms with Crippen molar-refractivity contribution in [2.24, 2.45) is 0 Å². The summed E-state index contributed by atoms with van der Waals surface area (Å²) >= 11 is 0. The van der Waals surface area contributed by atoms with Crippen LogP contribution in [0.25, 0.3) is 0 Å². The zero-order valence-corrected chi connectivity index (χ0v) is 11.6. The van der Waals surface area contributed by atoms with Crippen molar-refractivity contribution in [2.45, 2.75) is 38.3 Å². The van der Waals surface area contributed by atoms with E-state index in [0.717, 1.165) is 30.0 Å². The highest BCUT2D eigenvalue weighted by atomic mass is 16.6. The van der Waals surface area contributed by atoms with Crippen molar-refractivity contribution in [3.05, 3.63) is 18.2 Å². The van der Waals surface area contributed by atoms with Gasteiger partial charge >= 0.3 is 0 Å². The first-order chi connectivity index (χ1) is 9.06. The Kier molecular flexibility index (Phi) is 3.05. The third-order valence-electron chi connectivity index (χ3n) is 4.05. The molecule has 1 aromatic rings. The minimum absolute atomic E-state index is 0.0585. The minimum atomic E-state index is -0.249.